The molecule has 1 rings (SSSR count). The molecule has 1 heterocycles. The summed E-state index contributed by atoms with van der Waals surface area (Å²) in [6.07, 6.45) is 2.72. The minimum absolute atomic E-state index is 0.321. The van der Waals surface area contributed by atoms with Gasteiger partial charge in [-0.05, 0) is 38.5 Å². The van der Waals surface area contributed by atoms with Gasteiger partial charge in [0.15, 0.2) is 0 Å². The first-order valence-electron chi connectivity index (χ1n) is 6.43. The summed E-state index contributed by atoms with van der Waals surface area (Å²) in [5.41, 5.74) is 0.735. The van der Waals surface area contributed by atoms with E-state index in [-0.39, 0.29) is 0 Å². The van der Waals surface area contributed by atoms with E-state index in [1.807, 2.05) is 0 Å². The van der Waals surface area contributed by atoms with Gasteiger partial charge in [0.1, 0.15) is 0 Å². The van der Waals surface area contributed by atoms with Crippen molar-refractivity contribution < 1.29 is 0 Å². The Morgan fingerprint density at radius 1 is 1.07 bits per heavy atom. The van der Waals surface area contributed by atoms with Gasteiger partial charge in [-0.25, -0.2) is 0 Å². The van der Waals surface area contributed by atoms with Gasteiger partial charge in [-0.3, -0.25) is 4.90 Å². The topological polar surface area (TPSA) is 3.24 Å². The molecule has 0 spiro atoms. The summed E-state index contributed by atoms with van der Waals surface area (Å²) in [6, 6.07) is 0.752. The van der Waals surface area contributed by atoms with Crippen LogP contribution in [0.15, 0.2) is 0 Å². The van der Waals surface area contributed by atoms with Crippen LogP contribution in [0.3, 0.4) is 0 Å². The average molecular weight is 211 g/mol. The molecule has 15 heavy (non-hydrogen) atoms. The van der Waals surface area contributed by atoms with Crippen LogP contribution in [-0.2, 0) is 0 Å². The Bertz CT molecular complexity index is 184. The summed E-state index contributed by atoms with van der Waals surface area (Å²) >= 11 is 0. The van der Waals surface area contributed by atoms with Crippen molar-refractivity contribution in [3.8, 4) is 0 Å². The maximum Gasteiger partial charge on any atom is 0.0152 e. The molecule has 0 bridgehead atoms. The second-order valence-corrected chi connectivity index (χ2v) is 7.21. The van der Waals surface area contributed by atoms with Gasteiger partial charge in [-0.1, -0.05) is 34.1 Å². The average Bonchev–Trinajstić information content (AvgIpc) is 2.44. The van der Waals surface area contributed by atoms with E-state index >= 15 is 0 Å². The third-order valence-corrected chi connectivity index (χ3v) is 3.83. The number of hydrogen-bond acceptors (Lipinski definition) is 1. The van der Waals surface area contributed by atoms with Gasteiger partial charge in [-0.15, -0.1) is 0 Å². The highest BCUT2D eigenvalue weighted by atomic mass is 15.2. The van der Waals surface area contributed by atoms with E-state index in [9.17, 15) is 0 Å². The first-order valence-corrected chi connectivity index (χ1v) is 6.43. The van der Waals surface area contributed by atoms with Crippen molar-refractivity contribution in [3.05, 3.63) is 0 Å². The van der Waals surface area contributed by atoms with Crippen LogP contribution >= 0.6 is 0 Å². The first-order chi connectivity index (χ1) is 6.66. The normalized spacial score (nSPS) is 29.8. The van der Waals surface area contributed by atoms with E-state index in [0.29, 0.717) is 11.0 Å². The molecule has 1 saturated heterocycles. The Balaban J connectivity index is 2.84. The molecular formula is C14H29N. The van der Waals surface area contributed by atoms with Crippen LogP contribution in [0.4, 0.5) is 0 Å². The molecule has 2 atom stereocenters. The highest BCUT2D eigenvalue weighted by Crippen LogP contribution is 2.40. The second kappa shape index (κ2) is 4.08. The van der Waals surface area contributed by atoms with E-state index in [2.05, 4.69) is 53.4 Å². The Morgan fingerprint density at radius 2 is 1.60 bits per heavy atom. The fraction of sp³-hybridized carbons (Fsp3) is 1.00. The van der Waals surface area contributed by atoms with E-state index in [4.69, 9.17) is 0 Å². The minimum atomic E-state index is 0.321. The Kier molecular flexibility index (Phi) is 3.55. The second-order valence-electron chi connectivity index (χ2n) is 7.21. The summed E-state index contributed by atoms with van der Waals surface area (Å²) in [5, 5.41) is 0. The van der Waals surface area contributed by atoms with Crippen LogP contribution in [0.1, 0.15) is 61.3 Å². The maximum atomic E-state index is 2.72. The third kappa shape index (κ3) is 2.96. The van der Waals surface area contributed by atoms with Crippen LogP contribution in [0.25, 0.3) is 0 Å². The van der Waals surface area contributed by atoms with E-state index in [0.717, 1.165) is 12.0 Å². The fourth-order valence-corrected chi connectivity index (χ4v) is 2.78. The number of nitrogens with zero attached hydrogens (tertiary/aromatic N) is 1. The molecule has 90 valence electrons. The van der Waals surface area contributed by atoms with Gasteiger partial charge < -0.3 is 0 Å². The minimum Gasteiger partial charge on any atom is -0.295 e. The largest absolute Gasteiger partial charge is 0.295 e. The lowest BCUT2D eigenvalue weighted by atomic mass is 9.82. The van der Waals surface area contributed by atoms with Crippen LogP contribution in [0.2, 0.25) is 0 Å². The van der Waals surface area contributed by atoms with Gasteiger partial charge in [-0.2, -0.15) is 0 Å². The lowest BCUT2D eigenvalue weighted by molar-refractivity contribution is 0.0574. The molecule has 0 amide bonds. The zero-order valence-corrected chi connectivity index (χ0v) is 11.7. The fourth-order valence-electron chi connectivity index (χ4n) is 2.78. The standard InChI is InChI=1S/C14H29N/c1-8-11-9-12(13(2,3)4)15(10-11)14(5,6)7/h11-12H,8-10H2,1-7H3/t11?,12-/m0/s1. The molecule has 0 aliphatic carbocycles. The predicted octanol–water partition coefficient (Wildman–Crippen LogP) is 3.93. The van der Waals surface area contributed by atoms with Crippen molar-refractivity contribution in [2.24, 2.45) is 11.3 Å². The molecule has 1 fully saturated rings. The van der Waals surface area contributed by atoms with E-state index in [1.54, 1.807) is 0 Å². The molecule has 1 aliphatic rings. The van der Waals surface area contributed by atoms with Crippen LogP contribution < -0.4 is 0 Å². The molecule has 0 aromatic heterocycles. The van der Waals surface area contributed by atoms with Crippen LogP contribution in [-0.4, -0.2) is 23.0 Å². The molecule has 0 radical (unpaired) electrons. The summed E-state index contributed by atoms with van der Waals surface area (Å²) in [7, 11) is 0. The highest BCUT2D eigenvalue weighted by molar-refractivity contribution is 4.96. The van der Waals surface area contributed by atoms with E-state index < -0.39 is 0 Å². The SMILES string of the molecule is CCC1C[C@@H](C(C)(C)C)N(C(C)(C)C)C1. The van der Waals surface area contributed by atoms with Crippen LogP contribution in [0.5, 0.6) is 0 Å². The molecule has 0 N–H and O–H groups in total. The lowest BCUT2D eigenvalue weighted by Crippen LogP contribution is -2.49. The molecular weight excluding hydrogens is 182 g/mol. The van der Waals surface area contributed by atoms with E-state index in [1.165, 1.54) is 19.4 Å². The first kappa shape index (κ1) is 13.0. The summed E-state index contributed by atoms with van der Waals surface area (Å²) in [6.45, 7) is 17.8. The van der Waals surface area contributed by atoms with Crippen molar-refractivity contribution in [2.75, 3.05) is 6.54 Å². The Labute approximate surface area is 96.2 Å². The van der Waals surface area contributed by atoms with Crippen molar-refractivity contribution in [1.29, 1.82) is 0 Å². The number of likely N-dealkylation sites (tertiary alicyclic amines) is 1. The number of hydrogen-bond donors (Lipinski definition) is 0. The molecule has 1 aliphatic heterocycles. The summed E-state index contributed by atoms with van der Waals surface area (Å²) in [4.78, 5) is 2.72. The van der Waals surface area contributed by atoms with Gasteiger partial charge in [0.05, 0.1) is 0 Å². The molecule has 0 aromatic rings. The summed E-state index contributed by atoms with van der Waals surface area (Å²) < 4.78 is 0. The molecule has 1 nitrogen and oxygen atoms in total. The number of rotatable bonds is 1. The Morgan fingerprint density at radius 3 is 1.87 bits per heavy atom. The maximum absolute atomic E-state index is 2.72. The zero-order chi connectivity index (χ0) is 11.9. The summed E-state index contributed by atoms with van der Waals surface area (Å²) in [5.74, 6) is 0.911. The molecule has 0 saturated carbocycles. The van der Waals surface area contributed by atoms with Crippen molar-refractivity contribution in [3.63, 3.8) is 0 Å². The lowest BCUT2D eigenvalue weighted by Gasteiger charge is -2.43. The van der Waals surface area contributed by atoms with Gasteiger partial charge >= 0.3 is 0 Å². The monoisotopic (exact) mass is 211 g/mol. The molecule has 1 heteroatoms. The van der Waals surface area contributed by atoms with Gasteiger partial charge in [0.25, 0.3) is 0 Å². The van der Waals surface area contributed by atoms with Crippen molar-refractivity contribution >= 4 is 0 Å². The van der Waals surface area contributed by atoms with Gasteiger partial charge in [0.2, 0.25) is 0 Å². The smallest absolute Gasteiger partial charge is 0.0152 e. The molecule has 0 aromatic carbocycles. The quantitative estimate of drug-likeness (QED) is 0.635. The third-order valence-electron chi connectivity index (χ3n) is 3.83. The van der Waals surface area contributed by atoms with Gasteiger partial charge in [0, 0.05) is 18.1 Å². The van der Waals surface area contributed by atoms with Crippen LogP contribution in [0, 0.1) is 11.3 Å². The highest BCUT2D eigenvalue weighted by Gasteiger charge is 2.42. The Hall–Kier alpha value is -0.0400. The molecule has 1 unspecified atom stereocenters. The van der Waals surface area contributed by atoms with Crippen molar-refractivity contribution in [2.45, 2.75) is 72.9 Å². The predicted molar refractivity (Wildman–Crippen MR) is 68.1 cm³/mol. The zero-order valence-electron chi connectivity index (χ0n) is 11.7. The van der Waals surface area contributed by atoms with Crippen molar-refractivity contribution in [1.82, 2.24) is 4.90 Å².